The largest absolute Gasteiger partial charge is 0.325 e. The number of nitrogens with zero attached hydrogens (tertiary/aromatic N) is 3. The fraction of sp³-hybridized carbons (Fsp3) is 0.368. The third-order valence-corrected chi connectivity index (χ3v) is 6.15. The van der Waals surface area contributed by atoms with Gasteiger partial charge in [0.15, 0.2) is 0 Å². The Bertz CT molecular complexity index is 877. The average Bonchev–Trinajstić information content (AvgIpc) is 2.68. The molecule has 1 aromatic heterocycles. The first-order chi connectivity index (χ1) is 12.8. The molecule has 0 radical (unpaired) electrons. The minimum Gasteiger partial charge on any atom is -0.325 e. The van der Waals surface area contributed by atoms with Crippen LogP contribution in [-0.2, 0) is 10.0 Å². The molecule has 1 saturated heterocycles. The molecule has 0 atom stereocenters. The van der Waals surface area contributed by atoms with Crippen molar-refractivity contribution in [3.05, 3.63) is 48.7 Å². The maximum atomic E-state index is 12.5. The van der Waals surface area contributed by atoms with Gasteiger partial charge in [0.25, 0.3) is 0 Å². The van der Waals surface area contributed by atoms with E-state index in [1.54, 1.807) is 18.1 Å². The zero-order valence-electron chi connectivity index (χ0n) is 15.5. The molecule has 0 bridgehead atoms. The molecule has 0 spiro atoms. The third-order valence-electron chi connectivity index (χ3n) is 4.84. The number of sulfonamides is 1. The van der Waals surface area contributed by atoms with Crippen LogP contribution in [0.1, 0.15) is 12.8 Å². The molecule has 27 heavy (non-hydrogen) atoms. The van der Waals surface area contributed by atoms with Crippen molar-refractivity contribution in [3.63, 3.8) is 0 Å². The molecule has 1 aliphatic heterocycles. The highest BCUT2D eigenvalue weighted by atomic mass is 32.2. The van der Waals surface area contributed by atoms with Crippen LogP contribution in [0.2, 0.25) is 0 Å². The standard InChI is InChI=1S/C19H24N4O3S/c1-22(17-10-12-23(13-11-17)27(2,25)26)19(24)21-16-8-9-18(20-14-16)15-6-4-3-5-7-15/h3-9,14,17H,10-13H2,1-2H3,(H,21,24). The summed E-state index contributed by atoms with van der Waals surface area (Å²) in [6, 6.07) is 13.3. The quantitative estimate of drug-likeness (QED) is 0.873. The second-order valence-corrected chi connectivity index (χ2v) is 8.71. The predicted molar refractivity (Wildman–Crippen MR) is 106 cm³/mol. The van der Waals surface area contributed by atoms with Gasteiger partial charge in [-0.2, -0.15) is 0 Å². The molecule has 144 valence electrons. The molecular weight excluding hydrogens is 364 g/mol. The van der Waals surface area contributed by atoms with E-state index in [0.717, 1.165) is 11.3 Å². The molecule has 0 saturated carbocycles. The van der Waals surface area contributed by atoms with Crippen LogP contribution in [0.5, 0.6) is 0 Å². The van der Waals surface area contributed by atoms with E-state index in [2.05, 4.69) is 10.3 Å². The Kier molecular flexibility index (Phi) is 5.76. The summed E-state index contributed by atoms with van der Waals surface area (Å²) < 4.78 is 24.6. The van der Waals surface area contributed by atoms with E-state index in [-0.39, 0.29) is 12.1 Å². The number of pyridine rings is 1. The van der Waals surface area contributed by atoms with Crippen LogP contribution >= 0.6 is 0 Å². The van der Waals surface area contributed by atoms with Crippen molar-refractivity contribution in [1.82, 2.24) is 14.2 Å². The molecule has 0 aliphatic carbocycles. The predicted octanol–water partition coefficient (Wildman–Crippen LogP) is 2.64. The maximum Gasteiger partial charge on any atom is 0.321 e. The van der Waals surface area contributed by atoms with Gasteiger partial charge >= 0.3 is 6.03 Å². The summed E-state index contributed by atoms with van der Waals surface area (Å²) in [6.07, 6.45) is 4.11. The van der Waals surface area contributed by atoms with Crippen molar-refractivity contribution in [1.29, 1.82) is 0 Å². The summed E-state index contributed by atoms with van der Waals surface area (Å²) in [7, 11) is -1.43. The van der Waals surface area contributed by atoms with Crippen LogP contribution in [-0.4, -0.2) is 61.1 Å². The summed E-state index contributed by atoms with van der Waals surface area (Å²) in [5.74, 6) is 0. The van der Waals surface area contributed by atoms with Gasteiger partial charge < -0.3 is 10.2 Å². The molecule has 0 unspecified atom stereocenters. The van der Waals surface area contributed by atoms with E-state index in [1.165, 1.54) is 10.6 Å². The van der Waals surface area contributed by atoms with Crippen molar-refractivity contribution in [2.24, 2.45) is 0 Å². The Morgan fingerprint density at radius 3 is 2.37 bits per heavy atom. The van der Waals surface area contributed by atoms with Crippen molar-refractivity contribution < 1.29 is 13.2 Å². The van der Waals surface area contributed by atoms with Gasteiger partial charge in [0.05, 0.1) is 23.8 Å². The topological polar surface area (TPSA) is 82.6 Å². The highest BCUT2D eigenvalue weighted by Gasteiger charge is 2.29. The van der Waals surface area contributed by atoms with E-state index in [1.807, 2.05) is 42.5 Å². The number of piperidine rings is 1. The number of nitrogens with one attached hydrogen (secondary N) is 1. The molecule has 3 rings (SSSR count). The lowest BCUT2D eigenvalue weighted by molar-refractivity contribution is 0.174. The summed E-state index contributed by atoms with van der Waals surface area (Å²) in [5.41, 5.74) is 2.49. The SMILES string of the molecule is CN(C(=O)Nc1ccc(-c2ccccc2)nc1)C1CCN(S(C)(=O)=O)CC1. The number of hydrogen-bond donors (Lipinski definition) is 1. The zero-order chi connectivity index (χ0) is 19.4. The lowest BCUT2D eigenvalue weighted by atomic mass is 10.1. The smallest absolute Gasteiger partial charge is 0.321 e. The zero-order valence-corrected chi connectivity index (χ0v) is 16.3. The lowest BCUT2D eigenvalue weighted by Gasteiger charge is -2.35. The van der Waals surface area contributed by atoms with Gasteiger partial charge in [-0.25, -0.2) is 17.5 Å². The lowest BCUT2D eigenvalue weighted by Crippen LogP contribution is -2.48. The van der Waals surface area contributed by atoms with Crippen molar-refractivity contribution in [2.75, 3.05) is 31.7 Å². The molecule has 1 fully saturated rings. The summed E-state index contributed by atoms with van der Waals surface area (Å²) in [6.45, 7) is 0.878. The molecule has 1 aromatic carbocycles. The Hall–Kier alpha value is -2.45. The van der Waals surface area contributed by atoms with Crippen LogP contribution in [0.3, 0.4) is 0 Å². The number of carbonyl (C=O) groups excluding carboxylic acids is 1. The second-order valence-electron chi connectivity index (χ2n) is 6.73. The maximum absolute atomic E-state index is 12.5. The Balaban J connectivity index is 1.57. The van der Waals surface area contributed by atoms with Gasteiger partial charge in [-0.1, -0.05) is 30.3 Å². The van der Waals surface area contributed by atoms with E-state index < -0.39 is 10.0 Å². The van der Waals surface area contributed by atoms with Gasteiger partial charge in [0, 0.05) is 31.7 Å². The summed E-state index contributed by atoms with van der Waals surface area (Å²) in [5, 5.41) is 2.85. The minimum atomic E-state index is -3.16. The highest BCUT2D eigenvalue weighted by molar-refractivity contribution is 7.88. The molecule has 1 aliphatic rings. The Morgan fingerprint density at radius 2 is 1.81 bits per heavy atom. The van der Waals surface area contributed by atoms with Gasteiger partial charge in [0.2, 0.25) is 10.0 Å². The van der Waals surface area contributed by atoms with Crippen molar-refractivity contribution >= 4 is 21.7 Å². The van der Waals surface area contributed by atoms with Gasteiger partial charge in [-0.3, -0.25) is 4.98 Å². The first kappa shape index (κ1) is 19.3. The molecule has 7 nitrogen and oxygen atoms in total. The van der Waals surface area contributed by atoms with Crippen molar-refractivity contribution in [2.45, 2.75) is 18.9 Å². The number of aromatic nitrogens is 1. The van der Waals surface area contributed by atoms with Crippen LogP contribution < -0.4 is 5.32 Å². The van der Waals surface area contributed by atoms with E-state index in [4.69, 9.17) is 0 Å². The average molecular weight is 388 g/mol. The fourth-order valence-corrected chi connectivity index (χ4v) is 4.06. The normalized spacial score (nSPS) is 16.1. The number of carbonyl (C=O) groups is 1. The first-order valence-electron chi connectivity index (χ1n) is 8.85. The van der Waals surface area contributed by atoms with Gasteiger partial charge in [-0.15, -0.1) is 0 Å². The number of rotatable bonds is 4. The van der Waals surface area contributed by atoms with Gasteiger partial charge in [-0.05, 0) is 25.0 Å². The number of urea groups is 1. The Labute approximate surface area is 160 Å². The highest BCUT2D eigenvalue weighted by Crippen LogP contribution is 2.20. The summed E-state index contributed by atoms with van der Waals surface area (Å²) >= 11 is 0. The number of benzene rings is 1. The minimum absolute atomic E-state index is 0.0135. The Morgan fingerprint density at radius 1 is 1.15 bits per heavy atom. The van der Waals surface area contributed by atoms with Crippen LogP contribution in [0, 0.1) is 0 Å². The second kappa shape index (κ2) is 8.06. The fourth-order valence-electron chi connectivity index (χ4n) is 3.19. The van der Waals surface area contributed by atoms with Crippen LogP contribution in [0.4, 0.5) is 10.5 Å². The van der Waals surface area contributed by atoms with Crippen LogP contribution in [0.15, 0.2) is 48.7 Å². The van der Waals surface area contributed by atoms with Crippen molar-refractivity contribution in [3.8, 4) is 11.3 Å². The molecule has 2 heterocycles. The van der Waals surface area contributed by atoms with E-state index in [9.17, 15) is 13.2 Å². The molecule has 2 aromatic rings. The molecule has 8 heteroatoms. The van der Waals surface area contributed by atoms with E-state index >= 15 is 0 Å². The van der Waals surface area contributed by atoms with Crippen LogP contribution in [0.25, 0.3) is 11.3 Å². The summed E-state index contributed by atoms with van der Waals surface area (Å²) in [4.78, 5) is 18.5. The molecular formula is C19H24N4O3S. The number of hydrogen-bond acceptors (Lipinski definition) is 4. The molecule has 2 amide bonds. The first-order valence-corrected chi connectivity index (χ1v) is 10.7. The number of anilines is 1. The third kappa shape index (κ3) is 4.84. The number of amides is 2. The molecule has 1 N–H and O–H groups in total. The van der Waals surface area contributed by atoms with Gasteiger partial charge in [0.1, 0.15) is 0 Å². The monoisotopic (exact) mass is 388 g/mol. The van der Waals surface area contributed by atoms with E-state index in [0.29, 0.717) is 31.6 Å².